The minimum absolute atomic E-state index is 0.00122. The van der Waals surface area contributed by atoms with E-state index < -0.39 is 5.97 Å². The third-order valence-corrected chi connectivity index (χ3v) is 4.92. The van der Waals surface area contributed by atoms with Crippen molar-refractivity contribution in [3.63, 3.8) is 0 Å². The van der Waals surface area contributed by atoms with Crippen molar-refractivity contribution < 1.29 is 13.9 Å². The molecule has 9 heteroatoms. The number of ether oxygens (including phenoxy) is 1. The molecule has 0 saturated heterocycles. The Kier molecular flexibility index (Phi) is 5.67. The van der Waals surface area contributed by atoms with Crippen LogP contribution in [0.5, 0.6) is 0 Å². The second-order valence-corrected chi connectivity index (χ2v) is 6.69. The summed E-state index contributed by atoms with van der Waals surface area (Å²) in [5.74, 6) is -0.284. The maximum Gasteiger partial charge on any atom is 0.350 e. The van der Waals surface area contributed by atoms with Crippen LogP contribution < -0.4 is 0 Å². The van der Waals surface area contributed by atoms with Gasteiger partial charge < -0.3 is 4.74 Å². The SMILES string of the molecule is CCCCn1nnnc1COC(=O)c1sc(-c2ccc(F)cc2)nc1C. The van der Waals surface area contributed by atoms with Crippen molar-refractivity contribution in [1.82, 2.24) is 25.2 Å². The average molecular weight is 375 g/mol. The summed E-state index contributed by atoms with van der Waals surface area (Å²) in [4.78, 5) is 17.2. The lowest BCUT2D eigenvalue weighted by atomic mass is 10.2. The maximum atomic E-state index is 13.1. The van der Waals surface area contributed by atoms with E-state index in [2.05, 4.69) is 27.4 Å². The van der Waals surface area contributed by atoms with Gasteiger partial charge in [-0.1, -0.05) is 13.3 Å². The van der Waals surface area contributed by atoms with Crippen molar-refractivity contribution in [3.8, 4) is 10.6 Å². The molecule has 0 saturated carbocycles. The molecular weight excluding hydrogens is 357 g/mol. The quantitative estimate of drug-likeness (QED) is 0.589. The zero-order chi connectivity index (χ0) is 18.5. The van der Waals surface area contributed by atoms with Crippen LogP contribution in [0, 0.1) is 12.7 Å². The fourth-order valence-electron chi connectivity index (χ4n) is 2.31. The third-order valence-electron chi connectivity index (χ3n) is 3.74. The topological polar surface area (TPSA) is 82.8 Å². The van der Waals surface area contributed by atoms with Gasteiger partial charge in [0.2, 0.25) is 0 Å². The van der Waals surface area contributed by atoms with Crippen LogP contribution >= 0.6 is 11.3 Å². The number of hydrogen-bond donors (Lipinski definition) is 0. The second kappa shape index (κ2) is 8.13. The molecule has 3 rings (SSSR count). The van der Waals surface area contributed by atoms with Crippen LogP contribution in [0.1, 0.15) is 41.0 Å². The molecule has 1 aromatic carbocycles. The number of nitrogens with zero attached hydrogens (tertiary/aromatic N) is 5. The van der Waals surface area contributed by atoms with E-state index in [-0.39, 0.29) is 12.4 Å². The van der Waals surface area contributed by atoms with Crippen molar-refractivity contribution in [2.24, 2.45) is 0 Å². The number of benzene rings is 1. The Morgan fingerprint density at radius 2 is 2.08 bits per heavy atom. The van der Waals surface area contributed by atoms with Gasteiger partial charge in [0.15, 0.2) is 12.4 Å². The van der Waals surface area contributed by atoms with Gasteiger partial charge in [0, 0.05) is 12.1 Å². The summed E-state index contributed by atoms with van der Waals surface area (Å²) in [5, 5.41) is 12.1. The van der Waals surface area contributed by atoms with Crippen LogP contribution in [0.25, 0.3) is 10.6 Å². The van der Waals surface area contributed by atoms with Crippen LogP contribution in [0.3, 0.4) is 0 Å². The first-order valence-electron chi connectivity index (χ1n) is 8.24. The third kappa shape index (κ3) is 4.10. The lowest BCUT2D eigenvalue weighted by molar-refractivity contribution is 0.0461. The first-order chi connectivity index (χ1) is 12.6. The van der Waals surface area contributed by atoms with Gasteiger partial charge in [-0.3, -0.25) is 0 Å². The molecule has 0 spiro atoms. The smallest absolute Gasteiger partial charge is 0.350 e. The number of hydrogen-bond acceptors (Lipinski definition) is 7. The molecule has 26 heavy (non-hydrogen) atoms. The zero-order valence-corrected chi connectivity index (χ0v) is 15.3. The van der Waals surface area contributed by atoms with E-state index in [1.165, 1.54) is 23.5 Å². The molecular formula is C17H18FN5O2S. The Morgan fingerprint density at radius 3 is 2.81 bits per heavy atom. The summed E-state index contributed by atoms with van der Waals surface area (Å²) < 4.78 is 20.0. The molecule has 0 unspecified atom stereocenters. The highest BCUT2D eigenvalue weighted by atomic mass is 32.1. The normalized spacial score (nSPS) is 10.9. The molecule has 136 valence electrons. The lowest BCUT2D eigenvalue weighted by Gasteiger charge is -2.04. The number of aryl methyl sites for hydroxylation is 2. The molecule has 0 bridgehead atoms. The van der Waals surface area contributed by atoms with E-state index in [0.29, 0.717) is 27.9 Å². The second-order valence-electron chi connectivity index (χ2n) is 5.69. The monoisotopic (exact) mass is 375 g/mol. The van der Waals surface area contributed by atoms with E-state index in [4.69, 9.17) is 4.74 Å². The van der Waals surface area contributed by atoms with Gasteiger partial charge >= 0.3 is 5.97 Å². The Labute approximate surface area is 153 Å². The molecule has 0 N–H and O–H groups in total. The number of tetrazole rings is 1. The van der Waals surface area contributed by atoms with Crippen LogP contribution in [-0.2, 0) is 17.9 Å². The first kappa shape index (κ1) is 18.1. The standard InChI is InChI=1S/C17H18FN5O2S/c1-3-4-9-23-14(20-21-22-23)10-25-17(24)15-11(2)19-16(26-15)12-5-7-13(18)8-6-12/h5-8H,3-4,9-10H2,1-2H3. The summed E-state index contributed by atoms with van der Waals surface area (Å²) in [7, 11) is 0. The molecule has 0 aliphatic carbocycles. The fraction of sp³-hybridized carbons (Fsp3) is 0.353. The number of esters is 1. The van der Waals surface area contributed by atoms with Gasteiger partial charge in [-0.05, 0) is 48.0 Å². The van der Waals surface area contributed by atoms with Gasteiger partial charge in [-0.25, -0.2) is 18.9 Å². The molecule has 2 heterocycles. The molecule has 0 amide bonds. The Balaban J connectivity index is 1.69. The van der Waals surface area contributed by atoms with E-state index in [9.17, 15) is 9.18 Å². The number of carbonyl (C=O) groups is 1. The molecule has 0 radical (unpaired) electrons. The first-order valence-corrected chi connectivity index (χ1v) is 9.05. The molecule has 2 aromatic heterocycles. The molecule has 3 aromatic rings. The summed E-state index contributed by atoms with van der Waals surface area (Å²) in [6.45, 7) is 4.50. The maximum absolute atomic E-state index is 13.1. The molecule has 0 atom stereocenters. The predicted octanol–water partition coefficient (Wildman–Crippen LogP) is 3.40. The highest BCUT2D eigenvalue weighted by molar-refractivity contribution is 7.17. The largest absolute Gasteiger partial charge is 0.453 e. The van der Waals surface area contributed by atoms with E-state index in [1.54, 1.807) is 23.7 Å². The fourth-order valence-corrected chi connectivity index (χ4v) is 3.27. The van der Waals surface area contributed by atoms with Crippen molar-refractivity contribution in [3.05, 3.63) is 46.5 Å². The van der Waals surface area contributed by atoms with Crippen molar-refractivity contribution in [1.29, 1.82) is 0 Å². The molecule has 7 nitrogen and oxygen atoms in total. The Bertz CT molecular complexity index is 891. The Hall–Kier alpha value is -2.68. The highest BCUT2D eigenvalue weighted by Gasteiger charge is 2.19. The highest BCUT2D eigenvalue weighted by Crippen LogP contribution is 2.28. The van der Waals surface area contributed by atoms with E-state index in [0.717, 1.165) is 18.4 Å². The van der Waals surface area contributed by atoms with E-state index in [1.807, 2.05) is 0 Å². The summed E-state index contributed by atoms with van der Waals surface area (Å²) >= 11 is 1.22. The summed E-state index contributed by atoms with van der Waals surface area (Å²) in [6, 6.07) is 5.98. The minimum Gasteiger partial charge on any atom is -0.453 e. The number of carbonyl (C=O) groups excluding carboxylic acids is 1. The number of aromatic nitrogens is 5. The zero-order valence-electron chi connectivity index (χ0n) is 14.5. The molecule has 0 fully saturated rings. The van der Waals surface area contributed by atoms with Crippen LogP contribution in [-0.4, -0.2) is 31.2 Å². The van der Waals surface area contributed by atoms with Gasteiger partial charge in [-0.15, -0.1) is 16.4 Å². The average Bonchev–Trinajstić information content (AvgIpc) is 3.25. The summed E-state index contributed by atoms with van der Waals surface area (Å²) in [6.07, 6.45) is 1.96. The van der Waals surface area contributed by atoms with Crippen molar-refractivity contribution in [2.75, 3.05) is 0 Å². The Morgan fingerprint density at radius 1 is 1.31 bits per heavy atom. The van der Waals surface area contributed by atoms with Gasteiger partial charge in [-0.2, -0.15) is 0 Å². The van der Waals surface area contributed by atoms with E-state index >= 15 is 0 Å². The number of rotatable bonds is 7. The van der Waals surface area contributed by atoms with Crippen LogP contribution in [0.4, 0.5) is 4.39 Å². The number of thiazole rings is 1. The van der Waals surface area contributed by atoms with Gasteiger partial charge in [0.25, 0.3) is 0 Å². The van der Waals surface area contributed by atoms with Crippen LogP contribution in [0.15, 0.2) is 24.3 Å². The number of unbranched alkanes of at least 4 members (excludes halogenated alkanes) is 1. The van der Waals surface area contributed by atoms with Gasteiger partial charge in [0.05, 0.1) is 5.69 Å². The molecule has 0 aliphatic heterocycles. The van der Waals surface area contributed by atoms with Crippen molar-refractivity contribution in [2.45, 2.75) is 39.8 Å². The van der Waals surface area contributed by atoms with Crippen LogP contribution in [0.2, 0.25) is 0 Å². The number of halogens is 1. The van der Waals surface area contributed by atoms with Crippen molar-refractivity contribution >= 4 is 17.3 Å². The molecule has 0 aliphatic rings. The summed E-state index contributed by atoms with van der Waals surface area (Å²) in [5.41, 5.74) is 1.33. The predicted molar refractivity (Wildman–Crippen MR) is 94.1 cm³/mol. The van der Waals surface area contributed by atoms with Gasteiger partial charge in [0.1, 0.15) is 15.7 Å². The lowest BCUT2D eigenvalue weighted by Crippen LogP contribution is -2.11. The minimum atomic E-state index is -0.474.